The Labute approximate surface area is 172 Å². The fourth-order valence-corrected chi connectivity index (χ4v) is 3.60. The van der Waals surface area contributed by atoms with Gasteiger partial charge in [-0.3, -0.25) is 14.4 Å². The minimum atomic E-state index is -0.928. The normalized spacial score (nSPS) is 13.4. The summed E-state index contributed by atoms with van der Waals surface area (Å²) in [6.45, 7) is 3.24. The second kappa shape index (κ2) is 9.60. The number of amides is 2. The van der Waals surface area contributed by atoms with Crippen LogP contribution >= 0.6 is 11.8 Å². The molecule has 9 heteroatoms. The molecule has 1 heterocycles. The number of fused-ring (bicyclic) bond motifs is 1. The maximum atomic E-state index is 12.3. The summed E-state index contributed by atoms with van der Waals surface area (Å²) in [6.07, 6.45) is 2.30. The van der Waals surface area contributed by atoms with E-state index in [1.54, 1.807) is 13.0 Å². The van der Waals surface area contributed by atoms with E-state index in [1.807, 2.05) is 18.2 Å². The molecule has 0 fully saturated rings. The lowest BCUT2D eigenvalue weighted by Gasteiger charge is -2.14. The van der Waals surface area contributed by atoms with Crippen molar-refractivity contribution in [1.29, 1.82) is 0 Å². The first-order valence-electron chi connectivity index (χ1n) is 9.34. The first-order chi connectivity index (χ1) is 13.9. The van der Waals surface area contributed by atoms with Gasteiger partial charge in [0.05, 0.1) is 11.5 Å². The Morgan fingerprint density at radius 2 is 1.97 bits per heavy atom. The largest absolute Gasteiger partial charge is 0.452 e. The topological polar surface area (TPSA) is 111 Å². The molecule has 1 aliphatic carbocycles. The van der Waals surface area contributed by atoms with E-state index in [1.165, 1.54) is 18.1 Å². The average molecular weight is 417 g/mol. The van der Waals surface area contributed by atoms with Gasteiger partial charge in [0.1, 0.15) is 5.76 Å². The van der Waals surface area contributed by atoms with Gasteiger partial charge < -0.3 is 19.9 Å². The van der Waals surface area contributed by atoms with Crippen LogP contribution in [0, 0.1) is 6.92 Å². The molecule has 29 heavy (non-hydrogen) atoms. The van der Waals surface area contributed by atoms with Crippen LogP contribution in [0.15, 0.2) is 28.8 Å². The summed E-state index contributed by atoms with van der Waals surface area (Å²) in [6, 6.07) is 7.45. The van der Waals surface area contributed by atoms with Gasteiger partial charge in [0.2, 0.25) is 5.91 Å². The smallest absolute Gasteiger partial charge is 0.316 e. The van der Waals surface area contributed by atoms with Crippen molar-refractivity contribution in [3.8, 4) is 0 Å². The van der Waals surface area contributed by atoms with Crippen LogP contribution in [0.5, 0.6) is 0 Å². The van der Waals surface area contributed by atoms with Crippen molar-refractivity contribution in [2.45, 2.75) is 39.2 Å². The number of thioether (sulfide) groups is 1. The number of ether oxygens (including phenoxy) is 1. The SMILES string of the molecule is Cc1cc(NC(=O)CSCC(=O)O[C@H](C)C(=O)Nc2ccc3c(c2)CCC3)no1. The van der Waals surface area contributed by atoms with Gasteiger partial charge in [-0.15, -0.1) is 11.8 Å². The number of esters is 1. The van der Waals surface area contributed by atoms with E-state index in [4.69, 9.17) is 9.26 Å². The molecule has 2 N–H and O–H groups in total. The first kappa shape index (κ1) is 20.9. The quantitative estimate of drug-likeness (QED) is 0.635. The number of hydrogen-bond donors (Lipinski definition) is 2. The van der Waals surface area contributed by atoms with Gasteiger partial charge in [0.15, 0.2) is 11.9 Å². The maximum absolute atomic E-state index is 12.3. The third kappa shape index (κ3) is 6.08. The number of benzene rings is 1. The van der Waals surface area contributed by atoms with E-state index in [0.29, 0.717) is 17.3 Å². The van der Waals surface area contributed by atoms with E-state index in [0.717, 1.165) is 31.0 Å². The standard InChI is InChI=1S/C20H23N3O5S/c1-12-8-17(23-28-12)22-18(24)10-29-11-19(25)27-13(2)20(26)21-16-7-6-14-4-3-5-15(14)9-16/h6-9,13H,3-5,10-11H2,1-2H3,(H,21,26)(H,22,23,24)/t13-/m1/s1. The molecule has 0 saturated carbocycles. The molecule has 154 valence electrons. The summed E-state index contributed by atoms with van der Waals surface area (Å²) in [5, 5.41) is 9.00. The van der Waals surface area contributed by atoms with Crippen LogP contribution in [0.2, 0.25) is 0 Å². The predicted octanol–water partition coefficient (Wildman–Crippen LogP) is 2.71. The minimum absolute atomic E-state index is 0.0400. The van der Waals surface area contributed by atoms with E-state index in [2.05, 4.69) is 15.8 Å². The van der Waals surface area contributed by atoms with E-state index < -0.39 is 12.1 Å². The van der Waals surface area contributed by atoms with Crippen molar-refractivity contribution in [3.05, 3.63) is 41.2 Å². The molecule has 0 aliphatic heterocycles. The lowest BCUT2D eigenvalue weighted by Crippen LogP contribution is -2.30. The van der Waals surface area contributed by atoms with Gasteiger partial charge >= 0.3 is 5.97 Å². The minimum Gasteiger partial charge on any atom is -0.452 e. The summed E-state index contributed by atoms with van der Waals surface area (Å²) >= 11 is 1.09. The summed E-state index contributed by atoms with van der Waals surface area (Å²) in [5.41, 5.74) is 3.28. The molecule has 0 spiro atoms. The van der Waals surface area contributed by atoms with Gasteiger partial charge in [0.25, 0.3) is 5.91 Å². The van der Waals surface area contributed by atoms with Gasteiger partial charge in [-0.05, 0) is 56.4 Å². The lowest BCUT2D eigenvalue weighted by molar-refractivity contribution is -0.150. The molecule has 1 atom stereocenters. The molecule has 1 aliphatic rings. The van der Waals surface area contributed by atoms with Crippen molar-refractivity contribution in [3.63, 3.8) is 0 Å². The molecule has 1 aromatic heterocycles. The van der Waals surface area contributed by atoms with Crippen LogP contribution < -0.4 is 10.6 Å². The fraction of sp³-hybridized carbons (Fsp3) is 0.400. The molecule has 0 unspecified atom stereocenters. The third-order valence-corrected chi connectivity index (χ3v) is 5.30. The molecule has 3 rings (SSSR count). The maximum Gasteiger partial charge on any atom is 0.316 e. The van der Waals surface area contributed by atoms with Crippen LogP contribution in [0.25, 0.3) is 0 Å². The van der Waals surface area contributed by atoms with Crippen LogP contribution in [0.3, 0.4) is 0 Å². The lowest BCUT2D eigenvalue weighted by atomic mass is 10.1. The van der Waals surface area contributed by atoms with Crippen molar-refractivity contribution in [2.75, 3.05) is 22.1 Å². The van der Waals surface area contributed by atoms with Gasteiger partial charge in [-0.2, -0.15) is 0 Å². The highest BCUT2D eigenvalue weighted by atomic mass is 32.2. The Kier molecular flexibility index (Phi) is 6.92. The number of aryl methyl sites for hydroxylation is 3. The molecule has 1 aromatic carbocycles. The number of carbonyl (C=O) groups is 3. The molecule has 0 saturated heterocycles. The van der Waals surface area contributed by atoms with Gasteiger partial charge in [-0.25, -0.2) is 0 Å². The van der Waals surface area contributed by atoms with Crippen LogP contribution in [0.4, 0.5) is 11.5 Å². The zero-order chi connectivity index (χ0) is 20.8. The summed E-state index contributed by atoms with van der Waals surface area (Å²) < 4.78 is 10.0. The van der Waals surface area contributed by atoms with Crippen molar-refractivity contribution < 1.29 is 23.6 Å². The van der Waals surface area contributed by atoms with Crippen molar-refractivity contribution in [1.82, 2.24) is 5.16 Å². The summed E-state index contributed by atoms with van der Waals surface area (Å²) in [7, 11) is 0. The highest BCUT2D eigenvalue weighted by Crippen LogP contribution is 2.25. The molecule has 2 amide bonds. The Morgan fingerprint density at radius 1 is 1.17 bits per heavy atom. The Morgan fingerprint density at radius 3 is 2.72 bits per heavy atom. The number of aromatic nitrogens is 1. The number of hydrogen-bond acceptors (Lipinski definition) is 7. The van der Waals surface area contributed by atoms with Crippen molar-refractivity contribution in [2.24, 2.45) is 0 Å². The number of nitrogens with zero attached hydrogens (tertiary/aromatic N) is 1. The van der Waals surface area contributed by atoms with Crippen LogP contribution in [-0.2, 0) is 32.0 Å². The molecular weight excluding hydrogens is 394 g/mol. The molecular formula is C20H23N3O5S. The number of rotatable bonds is 8. The zero-order valence-corrected chi connectivity index (χ0v) is 17.1. The Balaban J connectivity index is 1.37. The fourth-order valence-electron chi connectivity index (χ4n) is 3.01. The average Bonchev–Trinajstić information content (AvgIpc) is 3.29. The van der Waals surface area contributed by atoms with E-state index >= 15 is 0 Å². The number of carbonyl (C=O) groups excluding carboxylic acids is 3. The van der Waals surface area contributed by atoms with Crippen LogP contribution in [-0.4, -0.2) is 40.6 Å². The third-order valence-electron chi connectivity index (χ3n) is 4.39. The molecule has 0 radical (unpaired) electrons. The van der Waals surface area contributed by atoms with Crippen molar-refractivity contribution >= 4 is 41.1 Å². The van der Waals surface area contributed by atoms with Crippen LogP contribution in [0.1, 0.15) is 30.2 Å². The molecule has 0 bridgehead atoms. The predicted molar refractivity (Wildman–Crippen MR) is 110 cm³/mol. The van der Waals surface area contributed by atoms with Gasteiger partial charge in [-0.1, -0.05) is 11.2 Å². The molecule has 2 aromatic rings. The molecule has 8 nitrogen and oxygen atoms in total. The summed E-state index contributed by atoms with van der Waals surface area (Å²) in [4.78, 5) is 36.0. The highest BCUT2D eigenvalue weighted by Gasteiger charge is 2.19. The Bertz CT molecular complexity index is 911. The Hall–Kier alpha value is -2.81. The van der Waals surface area contributed by atoms with E-state index in [-0.39, 0.29) is 23.3 Å². The van der Waals surface area contributed by atoms with Gasteiger partial charge in [0, 0.05) is 11.8 Å². The monoisotopic (exact) mass is 417 g/mol. The second-order valence-electron chi connectivity index (χ2n) is 6.82. The first-order valence-corrected chi connectivity index (χ1v) is 10.5. The highest BCUT2D eigenvalue weighted by molar-refractivity contribution is 8.00. The zero-order valence-electron chi connectivity index (χ0n) is 16.3. The van der Waals surface area contributed by atoms with E-state index in [9.17, 15) is 14.4 Å². The second-order valence-corrected chi connectivity index (χ2v) is 7.81. The number of anilines is 2. The number of nitrogens with one attached hydrogen (secondary N) is 2. The summed E-state index contributed by atoms with van der Waals surface area (Å²) in [5.74, 6) is -0.329.